The fourth-order valence-corrected chi connectivity index (χ4v) is 3.26. The van der Waals surface area contributed by atoms with E-state index in [0.29, 0.717) is 0 Å². The molecular weight excluding hydrogens is 278 g/mol. The van der Waals surface area contributed by atoms with Crippen LogP contribution in [0.1, 0.15) is 6.92 Å². The fraction of sp³-hybridized carbons (Fsp3) is 0.400. The molecule has 0 unspecified atom stereocenters. The molecular formula is C10H14BrNS2. The lowest BCUT2D eigenvalue weighted by molar-refractivity contribution is 1.41. The van der Waals surface area contributed by atoms with Crippen LogP contribution in [-0.4, -0.2) is 17.3 Å². The molecule has 0 bridgehead atoms. The smallest absolute Gasteiger partial charge is 0.0453 e. The molecule has 0 aliphatic carbocycles. The summed E-state index contributed by atoms with van der Waals surface area (Å²) in [6, 6.07) is 6.00. The van der Waals surface area contributed by atoms with Crippen molar-refractivity contribution in [3.8, 4) is 0 Å². The lowest BCUT2D eigenvalue weighted by Crippen LogP contribution is -1.90. The maximum atomic E-state index is 5.86. The molecule has 0 saturated carbocycles. The van der Waals surface area contributed by atoms with E-state index in [1.807, 2.05) is 35.7 Å². The molecule has 1 aromatic carbocycles. The van der Waals surface area contributed by atoms with Gasteiger partial charge in [-0.2, -0.15) is 11.8 Å². The second-order valence-electron chi connectivity index (χ2n) is 2.73. The minimum atomic E-state index is 0.875. The molecule has 1 rings (SSSR count). The summed E-state index contributed by atoms with van der Waals surface area (Å²) in [5, 5.41) is 0. The molecule has 0 radical (unpaired) electrons. The van der Waals surface area contributed by atoms with Gasteiger partial charge in [0.25, 0.3) is 0 Å². The maximum absolute atomic E-state index is 5.86. The van der Waals surface area contributed by atoms with Gasteiger partial charge in [0.15, 0.2) is 0 Å². The van der Waals surface area contributed by atoms with Crippen LogP contribution in [0.25, 0.3) is 0 Å². The molecule has 0 saturated heterocycles. The first-order valence-corrected chi connectivity index (χ1v) is 7.43. The van der Waals surface area contributed by atoms with Gasteiger partial charge in [0, 0.05) is 26.6 Å². The van der Waals surface area contributed by atoms with Gasteiger partial charge in [-0.15, -0.1) is 11.8 Å². The lowest BCUT2D eigenvalue weighted by atomic mass is 10.3. The predicted molar refractivity (Wildman–Crippen MR) is 72.3 cm³/mol. The van der Waals surface area contributed by atoms with Crippen LogP contribution in [0.3, 0.4) is 0 Å². The van der Waals surface area contributed by atoms with Crippen molar-refractivity contribution >= 4 is 45.1 Å². The lowest BCUT2D eigenvalue weighted by Gasteiger charge is -2.05. The quantitative estimate of drug-likeness (QED) is 0.507. The number of benzene rings is 1. The Balaban J connectivity index is 2.45. The highest BCUT2D eigenvalue weighted by Gasteiger charge is 2.00. The third-order valence-electron chi connectivity index (χ3n) is 1.66. The van der Waals surface area contributed by atoms with E-state index < -0.39 is 0 Å². The van der Waals surface area contributed by atoms with E-state index in [4.69, 9.17) is 5.73 Å². The van der Waals surface area contributed by atoms with Crippen LogP contribution in [0.15, 0.2) is 27.6 Å². The van der Waals surface area contributed by atoms with Crippen molar-refractivity contribution in [2.24, 2.45) is 0 Å². The van der Waals surface area contributed by atoms with Gasteiger partial charge in [-0.25, -0.2) is 0 Å². The summed E-state index contributed by atoms with van der Waals surface area (Å²) < 4.78 is 1.09. The van der Waals surface area contributed by atoms with Crippen molar-refractivity contribution in [1.82, 2.24) is 0 Å². The number of nitrogens with two attached hydrogens (primary N) is 1. The summed E-state index contributed by atoms with van der Waals surface area (Å²) in [6.45, 7) is 2.18. The van der Waals surface area contributed by atoms with Gasteiger partial charge in [-0.1, -0.05) is 22.9 Å². The Kier molecular flexibility index (Phi) is 5.82. The molecule has 4 heteroatoms. The first-order valence-electron chi connectivity index (χ1n) is 4.49. The van der Waals surface area contributed by atoms with Gasteiger partial charge in [0.1, 0.15) is 0 Å². The third-order valence-corrected chi connectivity index (χ3v) is 4.39. The normalized spacial score (nSPS) is 10.4. The molecule has 78 valence electrons. The molecule has 0 fully saturated rings. The molecule has 0 heterocycles. The van der Waals surface area contributed by atoms with E-state index >= 15 is 0 Å². The number of halogens is 1. The van der Waals surface area contributed by atoms with Crippen LogP contribution in [0, 0.1) is 0 Å². The molecule has 0 atom stereocenters. The van der Waals surface area contributed by atoms with Crippen molar-refractivity contribution in [3.05, 3.63) is 22.7 Å². The number of anilines is 1. The number of hydrogen-bond donors (Lipinski definition) is 1. The van der Waals surface area contributed by atoms with E-state index in [2.05, 4.69) is 28.9 Å². The van der Waals surface area contributed by atoms with Gasteiger partial charge < -0.3 is 5.73 Å². The van der Waals surface area contributed by atoms with Gasteiger partial charge in [-0.3, -0.25) is 0 Å². The van der Waals surface area contributed by atoms with Crippen molar-refractivity contribution in [2.45, 2.75) is 11.8 Å². The Bertz CT molecular complexity index is 291. The Morgan fingerprint density at radius 3 is 2.86 bits per heavy atom. The molecule has 0 aromatic heterocycles. The van der Waals surface area contributed by atoms with Gasteiger partial charge in [0.2, 0.25) is 0 Å². The Hall–Kier alpha value is 0.200. The van der Waals surface area contributed by atoms with E-state index in [9.17, 15) is 0 Å². The molecule has 14 heavy (non-hydrogen) atoms. The zero-order valence-electron chi connectivity index (χ0n) is 8.13. The second kappa shape index (κ2) is 6.64. The Morgan fingerprint density at radius 1 is 1.36 bits per heavy atom. The summed E-state index contributed by atoms with van der Waals surface area (Å²) in [7, 11) is 0. The summed E-state index contributed by atoms with van der Waals surface area (Å²) >= 11 is 7.23. The SMILES string of the molecule is CCSCCSc1cc(Br)ccc1N. The van der Waals surface area contributed by atoms with Crippen molar-refractivity contribution in [2.75, 3.05) is 23.0 Å². The highest BCUT2D eigenvalue weighted by Crippen LogP contribution is 2.28. The average Bonchev–Trinajstić information content (AvgIpc) is 2.18. The van der Waals surface area contributed by atoms with Crippen molar-refractivity contribution in [1.29, 1.82) is 0 Å². The summed E-state index contributed by atoms with van der Waals surface area (Å²) in [5.74, 6) is 3.50. The Labute approximate surface area is 102 Å². The first kappa shape index (κ1) is 12.3. The second-order valence-corrected chi connectivity index (χ2v) is 6.17. The van der Waals surface area contributed by atoms with E-state index in [1.54, 1.807) is 0 Å². The third kappa shape index (κ3) is 4.15. The Morgan fingerprint density at radius 2 is 2.14 bits per heavy atom. The number of nitrogen functional groups attached to an aromatic ring is 1. The summed E-state index contributed by atoms with van der Waals surface area (Å²) in [4.78, 5) is 1.18. The molecule has 2 N–H and O–H groups in total. The molecule has 1 aromatic rings. The van der Waals surface area contributed by atoms with E-state index in [0.717, 1.165) is 15.9 Å². The van der Waals surface area contributed by atoms with E-state index in [1.165, 1.54) is 16.4 Å². The molecule has 1 nitrogen and oxygen atoms in total. The largest absolute Gasteiger partial charge is 0.398 e. The van der Waals surface area contributed by atoms with Crippen LogP contribution in [0.2, 0.25) is 0 Å². The van der Waals surface area contributed by atoms with Gasteiger partial charge in [-0.05, 0) is 24.0 Å². The highest BCUT2D eigenvalue weighted by atomic mass is 79.9. The van der Waals surface area contributed by atoms with Crippen molar-refractivity contribution < 1.29 is 0 Å². The van der Waals surface area contributed by atoms with Crippen molar-refractivity contribution in [3.63, 3.8) is 0 Å². The first-order chi connectivity index (χ1) is 6.74. The van der Waals surface area contributed by atoms with Crippen LogP contribution in [0.4, 0.5) is 5.69 Å². The average molecular weight is 292 g/mol. The van der Waals surface area contributed by atoms with Crippen LogP contribution in [0.5, 0.6) is 0 Å². The number of thioether (sulfide) groups is 2. The van der Waals surface area contributed by atoms with Gasteiger partial charge in [0.05, 0.1) is 0 Å². The fourth-order valence-electron chi connectivity index (χ4n) is 0.988. The standard InChI is InChI=1S/C10H14BrNS2/c1-2-13-5-6-14-10-7-8(11)3-4-9(10)12/h3-4,7H,2,5-6,12H2,1H3. The topological polar surface area (TPSA) is 26.0 Å². The molecule has 0 spiro atoms. The minimum absolute atomic E-state index is 0.875. The van der Waals surface area contributed by atoms with Crippen LogP contribution >= 0.6 is 39.5 Å². The minimum Gasteiger partial charge on any atom is -0.398 e. The molecule has 0 amide bonds. The maximum Gasteiger partial charge on any atom is 0.0453 e. The highest BCUT2D eigenvalue weighted by molar-refractivity contribution is 9.10. The molecule has 0 aliphatic heterocycles. The number of rotatable bonds is 5. The summed E-state index contributed by atoms with van der Waals surface area (Å²) in [6.07, 6.45) is 0. The molecule has 0 aliphatic rings. The summed E-state index contributed by atoms with van der Waals surface area (Å²) in [5.41, 5.74) is 6.73. The van der Waals surface area contributed by atoms with Crippen LogP contribution in [-0.2, 0) is 0 Å². The monoisotopic (exact) mass is 291 g/mol. The van der Waals surface area contributed by atoms with E-state index in [-0.39, 0.29) is 0 Å². The zero-order chi connectivity index (χ0) is 10.4. The predicted octanol–water partition coefficient (Wildman–Crippen LogP) is 3.88. The number of hydrogen-bond acceptors (Lipinski definition) is 3. The van der Waals surface area contributed by atoms with Gasteiger partial charge >= 0.3 is 0 Å². The van der Waals surface area contributed by atoms with Crippen LogP contribution < -0.4 is 5.73 Å². The zero-order valence-corrected chi connectivity index (χ0v) is 11.3.